The van der Waals surface area contributed by atoms with E-state index < -0.39 is 17.1 Å². The second kappa shape index (κ2) is 14.6. The molecule has 0 aliphatic heterocycles. The fraction of sp³-hybridized carbons (Fsp3) is 0.121. The van der Waals surface area contributed by atoms with Gasteiger partial charge in [-0.2, -0.15) is 0 Å². The number of amides is 3. The van der Waals surface area contributed by atoms with Gasteiger partial charge in [0.2, 0.25) is 5.91 Å². The van der Waals surface area contributed by atoms with E-state index in [9.17, 15) is 14.4 Å². The summed E-state index contributed by atoms with van der Waals surface area (Å²) in [4.78, 5) is 40.0. The molecule has 0 heterocycles. The maximum atomic E-state index is 13.5. The zero-order valence-corrected chi connectivity index (χ0v) is 24.2. The van der Waals surface area contributed by atoms with Gasteiger partial charge in [-0.05, 0) is 61.5 Å². The Bertz CT molecular complexity index is 1580. The quantitative estimate of drug-likeness (QED) is 0.143. The number of carbonyl (C=O) groups is 3. The zero-order valence-electron chi connectivity index (χ0n) is 23.4. The van der Waals surface area contributed by atoms with E-state index in [1.807, 2.05) is 43.3 Å². The summed E-state index contributed by atoms with van der Waals surface area (Å²) in [6.07, 6.45) is 1.53. The number of nitrogens with one attached hydrogen (secondary N) is 3. The van der Waals surface area contributed by atoms with Gasteiger partial charge < -0.3 is 25.4 Å². The third kappa shape index (κ3) is 8.02. The molecule has 0 bridgehead atoms. The van der Waals surface area contributed by atoms with Gasteiger partial charge in [-0.1, -0.05) is 54.6 Å². The van der Waals surface area contributed by atoms with Crippen LogP contribution in [-0.2, 0) is 9.59 Å². The molecule has 4 aromatic carbocycles. The molecule has 214 valence electrons. The number of ether oxygens (including phenoxy) is 2. The lowest BCUT2D eigenvalue weighted by Crippen LogP contribution is -2.30. The molecule has 0 saturated heterocycles. The lowest BCUT2D eigenvalue weighted by atomic mass is 10.1. The number of hydrogen-bond acceptors (Lipinski definition) is 6. The number of carbonyl (C=O) groups excluding carboxylic acids is 3. The average molecular weight is 582 g/mol. The minimum atomic E-state index is -0.541. The second-order valence-corrected chi connectivity index (χ2v) is 10.5. The Labute approximate surface area is 249 Å². The maximum Gasteiger partial charge on any atom is 0.272 e. The van der Waals surface area contributed by atoms with Gasteiger partial charge in [-0.15, -0.1) is 11.8 Å². The first-order chi connectivity index (χ1) is 20.4. The highest BCUT2D eigenvalue weighted by molar-refractivity contribution is 8.00. The van der Waals surface area contributed by atoms with Gasteiger partial charge in [-0.3, -0.25) is 14.4 Å². The molecule has 1 atom stereocenters. The summed E-state index contributed by atoms with van der Waals surface area (Å²) in [5.74, 6) is -0.222. The number of rotatable bonds is 11. The molecular weight excluding hydrogens is 550 g/mol. The third-order valence-electron chi connectivity index (χ3n) is 6.08. The molecule has 1 unspecified atom stereocenters. The number of thioether (sulfide) groups is 1. The highest BCUT2D eigenvalue weighted by Crippen LogP contribution is 2.32. The average Bonchev–Trinajstić information content (AvgIpc) is 3.01. The fourth-order valence-corrected chi connectivity index (χ4v) is 4.92. The number of para-hydroxylation sites is 2. The largest absolute Gasteiger partial charge is 0.493 e. The van der Waals surface area contributed by atoms with Gasteiger partial charge in [-0.25, -0.2) is 0 Å². The number of hydrogen-bond donors (Lipinski definition) is 3. The highest BCUT2D eigenvalue weighted by atomic mass is 32.2. The predicted octanol–water partition coefficient (Wildman–Crippen LogP) is 6.23. The molecular formula is C33H31N3O5S. The van der Waals surface area contributed by atoms with Crippen molar-refractivity contribution in [3.8, 4) is 11.5 Å². The van der Waals surface area contributed by atoms with Crippen LogP contribution in [0.5, 0.6) is 11.5 Å². The topological polar surface area (TPSA) is 106 Å². The van der Waals surface area contributed by atoms with Gasteiger partial charge in [0.05, 0.1) is 19.5 Å². The monoisotopic (exact) mass is 581 g/mol. The van der Waals surface area contributed by atoms with Crippen LogP contribution in [0.2, 0.25) is 0 Å². The molecule has 0 aliphatic rings. The van der Waals surface area contributed by atoms with E-state index in [4.69, 9.17) is 9.47 Å². The van der Waals surface area contributed by atoms with Crippen molar-refractivity contribution >= 4 is 46.9 Å². The molecule has 4 rings (SSSR count). The van der Waals surface area contributed by atoms with Gasteiger partial charge in [0.1, 0.15) is 5.70 Å². The summed E-state index contributed by atoms with van der Waals surface area (Å²) in [7, 11) is 3.02. The van der Waals surface area contributed by atoms with Crippen molar-refractivity contribution in [1.29, 1.82) is 0 Å². The normalized spacial score (nSPS) is 11.6. The van der Waals surface area contributed by atoms with Gasteiger partial charge >= 0.3 is 0 Å². The molecule has 3 N–H and O–H groups in total. The van der Waals surface area contributed by atoms with Gasteiger partial charge in [0, 0.05) is 27.4 Å². The number of methoxy groups -OCH3 is 2. The Balaban J connectivity index is 1.55. The van der Waals surface area contributed by atoms with E-state index in [0.717, 1.165) is 10.6 Å². The summed E-state index contributed by atoms with van der Waals surface area (Å²) in [6.45, 7) is 1.82. The van der Waals surface area contributed by atoms with Crippen LogP contribution in [0.15, 0.2) is 114 Å². The minimum Gasteiger partial charge on any atom is -0.493 e. The molecule has 0 saturated carbocycles. The van der Waals surface area contributed by atoms with E-state index in [-0.39, 0.29) is 11.6 Å². The molecule has 0 fully saturated rings. The Hall–Kier alpha value is -5.02. The standard InChI is InChI=1S/C33H31N3O5S/c1-22(31(37)34-25-15-8-5-9-16-25)42-27-18-11-17-26(21-27)35-33(39)28(36-32(38)23-12-6-4-7-13-23)20-24-14-10-19-29(40-2)30(24)41-3/h4-22H,1-3H3,(H,34,37)(H,35,39)(H,36,38)/b28-20+. The van der Waals surface area contributed by atoms with Crippen LogP contribution in [-0.4, -0.2) is 37.2 Å². The SMILES string of the molecule is COc1cccc(/C=C(/NC(=O)c2ccccc2)C(=O)Nc2cccc(SC(C)C(=O)Nc3ccccc3)c2)c1OC. The highest BCUT2D eigenvalue weighted by Gasteiger charge is 2.19. The molecule has 8 nitrogen and oxygen atoms in total. The molecule has 0 spiro atoms. The van der Waals surface area contributed by atoms with E-state index in [1.165, 1.54) is 32.1 Å². The van der Waals surface area contributed by atoms with Crippen molar-refractivity contribution in [3.63, 3.8) is 0 Å². The molecule has 0 radical (unpaired) electrons. The van der Waals surface area contributed by atoms with E-state index in [2.05, 4.69) is 16.0 Å². The van der Waals surface area contributed by atoms with Crippen molar-refractivity contribution in [2.75, 3.05) is 24.9 Å². The smallest absolute Gasteiger partial charge is 0.272 e. The number of benzene rings is 4. The summed E-state index contributed by atoms with van der Waals surface area (Å²) >= 11 is 1.36. The van der Waals surface area contributed by atoms with Gasteiger partial charge in [0.15, 0.2) is 11.5 Å². The second-order valence-electron chi connectivity index (χ2n) is 9.06. The van der Waals surface area contributed by atoms with Crippen molar-refractivity contribution in [1.82, 2.24) is 5.32 Å². The van der Waals surface area contributed by atoms with Crippen LogP contribution >= 0.6 is 11.8 Å². The summed E-state index contributed by atoms with van der Waals surface area (Å²) in [5, 5.41) is 8.10. The molecule has 3 amide bonds. The van der Waals surface area contributed by atoms with Crippen LogP contribution in [0.3, 0.4) is 0 Å². The lowest BCUT2D eigenvalue weighted by molar-refractivity contribution is -0.115. The molecule has 4 aromatic rings. The van der Waals surface area contributed by atoms with E-state index in [1.54, 1.807) is 66.7 Å². The fourth-order valence-electron chi connectivity index (χ4n) is 3.99. The van der Waals surface area contributed by atoms with Gasteiger partial charge in [0.25, 0.3) is 11.8 Å². The van der Waals surface area contributed by atoms with E-state index in [0.29, 0.717) is 28.3 Å². The Morgan fingerprint density at radius 1 is 0.762 bits per heavy atom. The first-order valence-electron chi connectivity index (χ1n) is 13.1. The van der Waals surface area contributed by atoms with Crippen LogP contribution < -0.4 is 25.4 Å². The first kappa shape index (κ1) is 30.0. The van der Waals surface area contributed by atoms with Crippen molar-refractivity contribution in [3.05, 3.63) is 120 Å². The van der Waals surface area contributed by atoms with Crippen LogP contribution in [0.1, 0.15) is 22.8 Å². The Morgan fingerprint density at radius 2 is 1.43 bits per heavy atom. The predicted molar refractivity (Wildman–Crippen MR) is 167 cm³/mol. The molecule has 0 aromatic heterocycles. The van der Waals surface area contributed by atoms with Crippen LogP contribution in [0.25, 0.3) is 6.08 Å². The van der Waals surface area contributed by atoms with E-state index >= 15 is 0 Å². The number of anilines is 2. The molecule has 42 heavy (non-hydrogen) atoms. The Kier molecular flexibility index (Phi) is 10.4. The van der Waals surface area contributed by atoms with Crippen molar-refractivity contribution in [2.24, 2.45) is 0 Å². The zero-order chi connectivity index (χ0) is 29.9. The van der Waals surface area contributed by atoms with Crippen molar-refractivity contribution < 1.29 is 23.9 Å². The van der Waals surface area contributed by atoms with Crippen LogP contribution in [0, 0.1) is 0 Å². The van der Waals surface area contributed by atoms with Crippen LogP contribution in [0.4, 0.5) is 11.4 Å². The Morgan fingerprint density at radius 3 is 2.12 bits per heavy atom. The molecule has 9 heteroatoms. The minimum absolute atomic E-state index is 0.00377. The van der Waals surface area contributed by atoms with Crippen molar-refractivity contribution in [2.45, 2.75) is 17.1 Å². The lowest BCUT2D eigenvalue weighted by Gasteiger charge is -2.15. The summed E-state index contributed by atoms with van der Waals surface area (Å²) < 4.78 is 10.9. The summed E-state index contributed by atoms with van der Waals surface area (Å²) in [5.41, 5.74) is 2.16. The maximum absolute atomic E-state index is 13.5. The molecule has 0 aliphatic carbocycles. The summed E-state index contributed by atoms with van der Waals surface area (Å²) in [6, 6.07) is 30.3. The third-order valence-corrected chi connectivity index (χ3v) is 7.17. The first-order valence-corrected chi connectivity index (χ1v) is 14.0.